The zero-order valence-electron chi connectivity index (χ0n) is 18.3. The van der Waals surface area contributed by atoms with E-state index in [4.69, 9.17) is 4.74 Å². The molecule has 0 aliphatic heterocycles. The highest BCUT2D eigenvalue weighted by molar-refractivity contribution is 6.07. The summed E-state index contributed by atoms with van der Waals surface area (Å²) in [7, 11) is 0. The summed E-state index contributed by atoms with van der Waals surface area (Å²) in [6, 6.07) is 7.93. The third kappa shape index (κ3) is 4.57. The number of nitrogens with one attached hydrogen (secondary N) is 2. The van der Waals surface area contributed by atoms with Crippen molar-refractivity contribution in [2.24, 2.45) is 5.41 Å². The van der Waals surface area contributed by atoms with E-state index in [9.17, 15) is 19.1 Å². The highest BCUT2D eigenvalue weighted by atomic mass is 19.1. The predicted molar refractivity (Wildman–Crippen MR) is 116 cm³/mol. The lowest BCUT2D eigenvalue weighted by Crippen LogP contribution is -2.57. The number of aromatic nitrogens is 2. The van der Waals surface area contributed by atoms with E-state index in [2.05, 4.69) is 20.6 Å². The van der Waals surface area contributed by atoms with Crippen LogP contribution in [0, 0.1) is 18.3 Å². The van der Waals surface area contributed by atoms with Crippen LogP contribution in [-0.4, -0.2) is 44.7 Å². The number of pyridine rings is 2. The molecule has 3 N–H and O–H groups in total. The number of aliphatic carboxylic acids is 1. The summed E-state index contributed by atoms with van der Waals surface area (Å²) in [5.74, 6) is -1.44. The second-order valence-electron chi connectivity index (χ2n) is 9.36. The Labute approximate surface area is 185 Å². The van der Waals surface area contributed by atoms with Gasteiger partial charge in [0, 0.05) is 11.7 Å². The van der Waals surface area contributed by atoms with Gasteiger partial charge in [-0.2, -0.15) is 4.39 Å². The van der Waals surface area contributed by atoms with E-state index in [-0.39, 0.29) is 28.9 Å². The Morgan fingerprint density at radius 3 is 2.53 bits per heavy atom. The molecule has 0 radical (unpaired) electrons. The number of hydrogen-bond acceptors (Lipinski definition) is 6. The molecule has 2 saturated carbocycles. The number of amides is 1. The molecular formula is C23H27FN4O4. The van der Waals surface area contributed by atoms with Crippen molar-refractivity contribution >= 4 is 23.5 Å². The molecule has 0 unspecified atom stereocenters. The van der Waals surface area contributed by atoms with Crippen LogP contribution in [0.15, 0.2) is 30.3 Å². The quantitative estimate of drug-likeness (QED) is 0.559. The number of carboxylic acids is 1. The second kappa shape index (κ2) is 8.12. The molecule has 2 aliphatic carbocycles. The van der Waals surface area contributed by atoms with Crippen LogP contribution in [-0.2, 0) is 9.53 Å². The van der Waals surface area contributed by atoms with Crippen LogP contribution in [0.25, 0.3) is 0 Å². The molecular weight excluding hydrogens is 415 g/mol. The summed E-state index contributed by atoms with van der Waals surface area (Å²) < 4.78 is 19.5. The minimum atomic E-state index is -1.20. The number of carbonyl (C=O) groups is 2. The van der Waals surface area contributed by atoms with Crippen molar-refractivity contribution < 1.29 is 23.8 Å². The van der Waals surface area contributed by atoms with E-state index in [1.165, 1.54) is 6.07 Å². The summed E-state index contributed by atoms with van der Waals surface area (Å²) in [4.78, 5) is 32.1. The maximum atomic E-state index is 13.8. The highest BCUT2D eigenvalue weighted by Crippen LogP contribution is 2.58. The molecule has 0 atom stereocenters. The number of nitrogens with zero attached hydrogens (tertiary/aromatic N) is 2. The molecule has 1 amide bonds. The highest BCUT2D eigenvalue weighted by Gasteiger charge is 2.55. The largest absolute Gasteiger partial charge is 0.479 e. The molecule has 1 spiro atoms. The van der Waals surface area contributed by atoms with E-state index in [1.54, 1.807) is 26.0 Å². The summed E-state index contributed by atoms with van der Waals surface area (Å²) in [6.45, 7) is 4.94. The Bertz CT molecular complexity index is 1040. The number of aryl methyl sites for hydroxylation is 1. The lowest BCUT2D eigenvalue weighted by molar-refractivity contribution is -0.195. The van der Waals surface area contributed by atoms with Gasteiger partial charge in [0.15, 0.2) is 5.60 Å². The van der Waals surface area contributed by atoms with Crippen LogP contribution >= 0.6 is 0 Å². The number of carbonyl (C=O) groups excluding carboxylic acids is 1. The lowest BCUT2D eigenvalue weighted by atomic mass is 9.52. The van der Waals surface area contributed by atoms with Gasteiger partial charge in [-0.25, -0.2) is 14.8 Å². The summed E-state index contributed by atoms with van der Waals surface area (Å²) in [6.07, 6.45) is 3.19. The van der Waals surface area contributed by atoms with Gasteiger partial charge in [0.05, 0.1) is 11.7 Å². The molecule has 2 aromatic heterocycles. The Balaban J connectivity index is 1.35. The van der Waals surface area contributed by atoms with Crippen LogP contribution in [0.4, 0.5) is 16.0 Å². The molecule has 8 nitrogen and oxygen atoms in total. The number of hydrogen-bond donors (Lipinski definition) is 3. The molecule has 0 saturated heterocycles. The van der Waals surface area contributed by atoms with Crippen LogP contribution in [0.5, 0.6) is 0 Å². The number of carboxylic acid groups (broad SMARTS) is 1. The number of anilines is 2. The molecule has 0 bridgehead atoms. The van der Waals surface area contributed by atoms with Crippen LogP contribution in [0.1, 0.15) is 55.6 Å². The minimum Gasteiger partial charge on any atom is -0.479 e. The zero-order chi connectivity index (χ0) is 23.1. The Kier molecular flexibility index (Phi) is 5.62. The first kappa shape index (κ1) is 22.1. The lowest BCUT2D eigenvalue weighted by Gasteiger charge is -2.58. The fraction of sp³-hybridized carbons (Fsp3) is 0.478. The van der Waals surface area contributed by atoms with Gasteiger partial charge < -0.3 is 20.5 Å². The van der Waals surface area contributed by atoms with Gasteiger partial charge in [-0.05, 0) is 76.1 Å². The molecule has 2 aromatic rings. The maximum absolute atomic E-state index is 13.8. The van der Waals surface area contributed by atoms with Gasteiger partial charge in [-0.1, -0.05) is 6.07 Å². The smallest absolute Gasteiger partial charge is 0.335 e. The van der Waals surface area contributed by atoms with E-state index in [0.29, 0.717) is 5.82 Å². The summed E-state index contributed by atoms with van der Waals surface area (Å²) >= 11 is 0. The topological polar surface area (TPSA) is 113 Å². The van der Waals surface area contributed by atoms with Gasteiger partial charge in [-0.3, -0.25) is 4.79 Å². The van der Waals surface area contributed by atoms with Crippen LogP contribution in [0.3, 0.4) is 0 Å². The standard InChI is InChI=1S/C23H27FN4O4/c1-13-5-4-6-18(25-13)28-20(29)16-7-8-17(24)27-19(16)26-14-9-23(10-14)11-15(12-23)32-22(2,3)21(30)31/h4-8,14-15H,9-12H2,1-3H3,(H,26,27)(H,30,31)(H,25,28,29). The van der Waals surface area contributed by atoms with Crippen molar-refractivity contribution in [1.82, 2.24) is 9.97 Å². The molecule has 0 aromatic carbocycles. The first-order valence-electron chi connectivity index (χ1n) is 10.6. The Morgan fingerprint density at radius 1 is 1.16 bits per heavy atom. The van der Waals surface area contributed by atoms with Crippen LogP contribution < -0.4 is 10.6 Å². The minimum absolute atomic E-state index is 0.0568. The average molecular weight is 442 g/mol. The van der Waals surface area contributed by atoms with Gasteiger partial charge in [0.1, 0.15) is 11.6 Å². The molecule has 4 rings (SSSR count). The van der Waals surface area contributed by atoms with E-state index in [1.807, 2.05) is 13.0 Å². The number of ether oxygens (including phenoxy) is 1. The molecule has 2 fully saturated rings. The summed E-state index contributed by atoms with van der Waals surface area (Å²) in [5, 5.41) is 15.1. The van der Waals surface area contributed by atoms with E-state index < -0.39 is 23.4 Å². The van der Waals surface area contributed by atoms with Crippen molar-refractivity contribution in [3.63, 3.8) is 0 Å². The average Bonchev–Trinajstić information content (AvgIpc) is 2.64. The first-order valence-corrected chi connectivity index (χ1v) is 10.6. The SMILES string of the molecule is Cc1cccc(NC(=O)c2ccc(F)nc2NC2CC3(C2)CC(OC(C)(C)C(=O)O)C3)n1. The van der Waals surface area contributed by atoms with E-state index in [0.717, 1.165) is 37.4 Å². The predicted octanol–water partition coefficient (Wildman–Crippen LogP) is 3.78. The number of rotatable bonds is 7. The number of halogens is 1. The van der Waals surface area contributed by atoms with Crippen molar-refractivity contribution in [2.45, 2.75) is 64.2 Å². The van der Waals surface area contributed by atoms with Crippen molar-refractivity contribution in [3.8, 4) is 0 Å². The van der Waals surface area contributed by atoms with Crippen molar-refractivity contribution in [1.29, 1.82) is 0 Å². The molecule has 2 heterocycles. The van der Waals surface area contributed by atoms with Crippen molar-refractivity contribution in [3.05, 3.63) is 47.5 Å². The van der Waals surface area contributed by atoms with Gasteiger partial charge in [0.2, 0.25) is 5.95 Å². The monoisotopic (exact) mass is 442 g/mol. The maximum Gasteiger partial charge on any atom is 0.335 e. The molecule has 32 heavy (non-hydrogen) atoms. The van der Waals surface area contributed by atoms with Crippen molar-refractivity contribution in [2.75, 3.05) is 10.6 Å². The zero-order valence-corrected chi connectivity index (χ0v) is 18.3. The fourth-order valence-electron chi connectivity index (χ4n) is 4.60. The van der Waals surface area contributed by atoms with Gasteiger partial charge >= 0.3 is 5.97 Å². The Hall–Kier alpha value is -3.07. The van der Waals surface area contributed by atoms with Gasteiger partial charge in [0.25, 0.3) is 5.91 Å². The molecule has 170 valence electrons. The normalized spacial score (nSPS) is 24.4. The van der Waals surface area contributed by atoms with Gasteiger partial charge in [-0.15, -0.1) is 0 Å². The third-order valence-electron chi connectivity index (χ3n) is 6.23. The molecule has 2 aliphatic rings. The molecule has 9 heteroatoms. The first-order chi connectivity index (χ1) is 15.1. The third-order valence-corrected chi connectivity index (χ3v) is 6.23. The fourth-order valence-corrected chi connectivity index (χ4v) is 4.60. The Morgan fingerprint density at radius 2 is 1.88 bits per heavy atom. The van der Waals surface area contributed by atoms with Crippen LogP contribution in [0.2, 0.25) is 0 Å². The summed E-state index contributed by atoms with van der Waals surface area (Å²) in [5.41, 5.74) is -0.0764. The van der Waals surface area contributed by atoms with E-state index >= 15 is 0 Å². The second-order valence-corrected chi connectivity index (χ2v) is 9.36.